The van der Waals surface area contributed by atoms with Crippen LogP contribution in [0.1, 0.15) is 47.8 Å². The summed E-state index contributed by atoms with van der Waals surface area (Å²) in [5, 5.41) is 12.7. The average Bonchev–Trinajstić information content (AvgIpc) is 3.50. The van der Waals surface area contributed by atoms with E-state index in [9.17, 15) is 4.79 Å². The van der Waals surface area contributed by atoms with Crippen LogP contribution in [0.5, 0.6) is 0 Å². The molecule has 1 fully saturated rings. The molecule has 0 aromatic carbocycles. The van der Waals surface area contributed by atoms with E-state index < -0.39 is 0 Å². The number of carbonyl (C=O) groups excluding carboxylic acids is 1. The van der Waals surface area contributed by atoms with Crippen LogP contribution in [0.25, 0.3) is 22.5 Å². The van der Waals surface area contributed by atoms with Crippen LogP contribution in [0, 0.1) is 6.92 Å². The SMILES string of the molecule is Cc1nn(C)c2nc(-c3ccco3)cc(C(=O)Nc3ccnn3C3CCCC3)c12. The van der Waals surface area contributed by atoms with Crippen molar-refractivity contribution in [3.63, 3.8) is 0 Å². The molecular formula is C21H22N6O2. The Hall–Kier alpha value is -3.42. The van der Waals surface area contributed by atoms with Crippen LogP contribution in [0.3, 0.4) is 0 Å². The molecule has 29 heavy (non-hydrogen) atoms. The van der Waals surface area contributed by atoms with Crippen molar-refractivity contribution in [2.45, 2.75) is 38.6 Å². The van der Waals surface area contributed by atoms with Crippen LogP contribution in [-0.2, 0) is 7.05 Å². The topological polar surface area (TPSA) is 90.8 Å². The number of nitrogens with one attached hydrogen (secondary N) is 1. The lowest BCUT2D eigenvalue weighted by atomic mass is 10.1. The number of rotatable bonds is 4. The predicted molar refractivity (Wildman–Crippen MR) is 109 cm³/mol. The first-order valence-corrected chi connectivity index (χ1v) is 9.85. The summed E-state index contributed by atoms with van der Waals surface area (Å²) in [5.74, 6) is 1.12. The number of anilines is 1. The Labute approximate surface area is 167 Å². The third-order valence-electron chi connectivity index (χ3n) is 5.57. The number of hydrogen-bond acceptors (Lipinski definition) is 5. The Morgan fingerprint density at radius 1 is 1.28 bits per heavy atom. The number of amides is 1. The smallest absolute Gasteiger partial charge is 0.257 e. The average molecular weight is 390 g/mol. The fourth-order valence-electron chi connectivity index (χ4n) is 4.21. The molecular weight excluding hydrogens is 368 g/mol. The van der Waals surface area contributed by atoms with Crippen molar-refractivity contribution >= 4 is 22.8 Å². The van der Waals surface area contributed by atoms with Gasteiger partial charge in [0.05, 0.1) is 35.1 Å². The van der Waals surface area contributed by atoms with Crippen LogP contribution >= 0.6 is 0 Å². The van der Waals surface area contributed by atoms with Gasteiger partial charge in [0.15, 0.2) is 11.4 Å². The molecule has 0 saturated heterocycles. The van der Waals surface area contributed by atoms with Gasteiger partial charge < -0.3 is 9.73 Å². The van der Waals surface area contributed by atoms with Gasteiger partial charge in [0.25, 0.3) is 5.91 Å². The van der Waals surface area contributed by atoms with Crippen LogP contribution in [0.2, 0.25) is 0 Å². The lowest BCUT2D eigenvalue weighted by molar-refractivity contribution is 0.102. The second-order valence-corrected chi connectivity index (χ2v) is 7.49. The number of aromatic nitrogens is 5. The van der Waals surface area contributed by atoms with Crippen LogP contribution in [-0.4, -0.2) is 30.5 Å². The van der Waals surface area contributed by atoms with Crippen LogP contribution in [0.15, 0.2) is 41.1 Å². The van der Waals surface area contributed by atoms with Gasteiger partial charge in [-0.15, -0.1) is 0 Å². The zero-order valence-electron chi connectivity index (χ0n) is 16.4. The molecule has 4 aromatic heterocycles. The highest BCUT2D eigenvalue weighted by atomic mass is 16.3. The number of carbonyl (C=O) groups is 1. The zero-order valence-corrected chi connectivity index (χ0v) is 16.4. The van der Waals surface area contributed by atoms with Gasteiger partial charge in [-0.2, -0.15) is 10.2 Å². The van der Waals surface area contributed by atoms with E-state index in [4.69, 9.17) is 4.42 Å². The van der Waals surface area contributed by atoms with Crippen molar-refractivity contribution in [1.82, 2.24) is 24.5 Å². The molecule has 1 amide bonds. The first-order valence-electron chi connectivity index (χ1n) is 9.85. The molecule has 1 aliphatic rings. The summed E-state index contributed by atoms with van der Waals surface area (Å²) in [6.45, 7) is 1.89. The maximum absolute atomic E-state index is 13.3. The standard InChI is InChI=1S/C21H22N6O2/c1-13-19-15(12-16(17-8-5-11-29-17)23-20(19)26(2)25-13)21(28)24-18-9-10-22-27(18)14-6-3-4-7-14/h5,8-12,14H,3-4,6-7H2,1-2H3,(H,24,28). The van der Waals surface area contributed by atoms with Gasteiger partial charge in [-0.25, -0.2) is 9.67 Å². The van der Waals surface area contributed by atoms with Crippen molar-refractivity contribution in [1.29, 1.82) is 0 Å². The highest BCUT2D eigenvalue weighted by Gasteiger charge is 2.23. The molecule has 0 aliphatic heterocycles. The molecule has 1 N–H and O–H groups in total. The molecule has 8 nitrogen and oxygen atoms in total. The first kappa shape index (κ1) is 17.7. The Morgan fingerprint density at radius 3 is 2.86 bits per heavy atom. The van der Waals surface area contributed by atoms with Gasteiger partial charge >= 0.3 is 0 Å². The number of aryl methyl sites for hydroxylation is 2. The second-order valence-electron chi connectivity index (χ2n) is 7.49. The van der Waals surface area contributed by atoms with E-state index in [1.165, 1.54) is 12.8 Å². The fraction of sp³-hybridized carbons (Fsp3) is 0.333. The molecule has 0 bridgehead atoms. The molecule has 0 spiro atoms. The maximum Gasteiger partial charge on any atom is 0.257 e. The van der Waals surface area contributed by atoms with E-state index >= 15 is 0 Å². The maximum atomic E-state index is 13.3. The summed E-state index contributed by atoms with van der Waals surface area (Å²) in [6, 6.07) is 7.58. The minimum atomic E-state index is -0.207. The van der Waals surface area contributed by atoms with Gasteiger partial charge in [-0.05, 0) is 38.0 Å². The zero-order chi connectivity index (χ0) is 20.0. The van der Waals surface area contributed by atoms with Crippen LogP contribution < -0.4 is 5.32 Å². The summed E-state index contributed by atoms with van der Waals surface area (Å²) in [6.07, 6.45) is 7.91. The normalized spacial score (nSPS) is 14.7. The van der Waals surface area contributed by atoms with Crippen LogP contribution in [0.4, 0.5) is 5.82 Å². The molecule has 0 radical (unpaired) electrons. The van der Waals surface area contributed by atoms with Crippen molar-refractivity contribution < 1.29 is 9.21 Å². The molecule has 5 rings (SSSR count). The Kier molecular flexibility index (Phi) is 4.19. The molecule has 8 heteroatoms. The Morgan fingerprint density at radius 2 is 2.10 bits per heavy atom. The van der Waals surface area contributed by atoms with Crippen molar-refractivity contribution in [3.8, 4) is 11.5 Å². The first-order chi connectivity index (χ1) is 14.1. The lowest BCUT2D eigenvalue weighted by Gasteiger charge is -2.15. The number of nitrogens with zero attached hydrogens (tertiary/aromatic N) is 5. The van der Waals surface area contributed by atoms with E-state index in [-0.39, 0.29) is 5.91 Å². The minimum absolute atomic E-state index is 0.207. The van der Waals surface area contributed by atoms with Crippen molar-refractivity contribution in [2.24, 2.45) is 7.05 Å². The molecule has 1 saturated carbocycles. The van der Waals surface area contributed by atoms with Gasteiger partial charge in [0.1, 0.15) is 11.5 Å². The minimum Gasteiger partial charge on any atom is -0.463 e. The van der Waals surface area contributed by atoms with E-state index in [0.717, 1.165) is 23.9 Å². The van der Waals surface area contributed by atoms with E-state index in [1.807, 2.05) is 30.8 Å². The highest BCUT2D eigenvalue weighted by molar-refractivity contribution is 6.13. The number of pyridine rings is 1. The third-order valence-corrected chi connectivity index (χ3v) is 5.57. The highest BCUT2D eigenvalue weighted by Crippen LogP contribution is 2.32. The van der Waals surface area contributed by atoms with E-state index in [2.05, 4.69) is 20.5 Å². The second kappa shape index (κ2) is 6.88. The fourth-order valence-corrected chi connectivity index (χ4v) is 4.21. The van der Waals surface area contributed by atoms with Gasteiger partial charge in [0.2, 0.25) is 0 Å². The number of hydrogen-bond donors (Lipinski definition) is 1. The molecule has 0 atom stereocenters. The van der Waals surface area contributed by atoms with E-state index in [1.54, 1.807) is 29.3 Å². The monoisotopic (exact) mass is 390 g/mol. The van der Waals surface area contributed by atoms with Gasteiger partial charge in [0, 0.05) is 13.1 Å². The Bertz CT molecular complexity index is 1180. The molecule has 4 heterocycles. The summed E-state index contributed by atoms with van der Waals surface area (Å²) in [7, 11) is 1.82. The van der Waals surface area contributed by atoms with E-state index in [0.29, 0.717) is 34.5 Å². The molecule has 4 aromatic rings. The molecule has 1 aliphatic carbocycles. The summed E-state index contributed by atoms with van der Waals surface area (Å²) >= 11 is 0. The largest absolute Gasteiger partial charge is 0.463 e. The van der Waals surface area contributed by atoms with Crippen molar-refractivity contribution in [2.75, 3.05) is 5.32 Å². The predicted octanol–water partition coefficient (Wildman–Crippen LogP) is 4.10. The lowest BCUT2D eigenvalue weighted by Crippen LogP contribution is -2.18. The van der Waals surface area contributed by atoms with Gasteiger partial charge in [-0.1, -0.05) is 12.8 Å². The van der Waals surface area contributed by atoms with Gasteiger partial charge in [-0.3, -0.25) is 9.48 Å². The van der Waals surface area contributed by atoms with Crippen molar-refractivity contribution in [3.05, 3.63) is 48.0 Å². The summed E-state index contributed by atoms with van der Waals surface area (Å²) in [5.41, 5.74) is 2.52. The Balaban J connectivity index is 1.57. The number of furan rings is 1. The third kappa shape index (κ3) is 3.00. The molecule has 148 valence electrons. The summed E-state index contributed by atoms with van der Waals surface area (Å²) in [4.78, 5) is 18.0. The number of fused-ring (bicyclic) bond motifs is 1. The summed E-state index contributed by atoms with van der Waals surface area (Å²) < 4.78 is 9.13. The quantitative estimate of drug-likeness (QED) is 0.566. The molecule has 0 unspecified atom stereocenters.